The summed E-state index contributed by atoms with van der Waals surface area (Å²) in [6.07, 6.45) is 4.01. The van der Waals surface area contributed by atoms with Crippen LogP contribution in [-0.4, -0.2) is 30.4 Å². The highest BCUT2D eigenvalue weighted by Crippen LogP contribution is 2.31. The van der Waals surface area contributed by atoms with E-state index in [1.54, 1.807) is 31.4 Å². The molecule has 0 unspecified atom stereocenters. The third-order valence-corrected chi connectivity index (χ3v) is 6.95. The van der Waals surface area contributed by atoms with Crippen molar-refractivity contribution in [1.82, 2.24) is 4.90 Å². The van der Waals surface area contributed by atoms with Crippen molar-refractivity contribution in [1.29, 1.82) is 0 Å². The van der Waals surface area contributed by atoms with E-state index in [9.17, 15) is 9.59 Å². The van der Waals surface area contributed by atoms with Crippen LogP contribution >= 0.6 is 0 Å². The molecule has 0 atom stereocenters. The number of nitrogens with zero attached hydrogens (tertiary/aromatic N) is 1. The predicted molar refractivity (Wildman–Crippen MR) is 149 cm³/mol. The van der Waals surface area contributed by atoms with Gasteiger partial charge in [0, 0.05) is 47.5 Å². The van der Waals surface area contributed by atoms with E-state index in [2.05, 4.69) is 12.2 Å². The monoisotopic (exact) mass is 508 g/mol. The lowest BCUT2D eigenvalue weighted by molar-refractivity contribution is 0.0730. The number of aryl methyl sites for hydroxylation is 1. The van der Waals surface area contributed by atoms with Crippen LogP contribution in [0.3, 0.4) is 0 Å². The number of rotatable bonds is 8. The van der Waals surface area contributed by atoms with Gasteiger partial charge in [-0.3, -0.25) is 9.59 Å². The summed E-state index contributed by atoms with van der Waals surface area (Å²) in [7, 11) is 1.61. The van der Waals surface area contributed by atoms with Gasteiger partial charge in [-0.25, -0.2) is 0 Å². The number of nitrogens with one attached hydrogen (secondary N) is 1. The van der Waals surface area contributed by atoms with E-state index in [0.29, 0.717) is 30.6 Å². The van der Waals surface area contributed by atoms with Crippen molar-refractivity contribution in [3.63, 3.8) is 0 Å². The molecule has 1 aliphatic heterocycles. The normalized spacial score (nSPS) is 12.6. The topological polar surface area (TPSA) is 71.8 Å². The van der Waals surface area contributed by atoms with Gasteiger partial charge in [0.05, 0.1) is 7.11 Å². The standard InChI is InChI=1S/C32H32N2O4/c1-3-4-5-22-6-8-24(9-7-22)31(35)33-27-14-10-23(11-15-27)30-20-26-21-34(19-18-29(26)38-30)32(36)25-12-16-28(37-2)17-13-25/h6-17,20H,3-5,18-19,21H2,1-2H3,(H,33,35). The number of anilines is 1. The molecule has 1 aromatic heterocycles. The zero-order chi connectivity index (χ0) is 26.5. The molecule has 0 radical (unpaired) electrons. The Morgan fingerprint density at radius 3 is 2.34 bits per heavy atom. The molecule has 0 fully saturated rings. The van der Waals surface area contributed by atoms with Gasteiger partial charge in [-0.05, 0) is 85.1 Å². The van der Waals surface area contributed by atoms with Crippen LogP contribution in [0, 0.1) is 0 Å². The number of amides is 2. The predicted octanol–water partition coefficient (Wildman–Crippen LogP) is 6.75. The largest absolute Gasteiger partial charge is 0.497 e. The molecular formula is C32H32N2O4. The first kappa shape index (κ1) is 25.3. The molecule has 3 aromatic carbocycles. The average Bonchev–Trinajstić information content (AvgIpc) is 3.40. The Balaban J connectivity index is 1.22. The fraction of sp³-hybridized carbons (Fsp3) is 0.250. The molecule has 0 saturated heterocycles. The Hall–Kier alpha value is -4.32. The van der Waals surface area contributed by atoms with Gasteiger partial charge in [-0.15, -0.1) is 0 Å². The lowest BCUT2D eigenvalue weighted by atomic mass is 10.1. The molecular weight excluding hydrogens is 476 g/mol. The zero-order valence-corrected chi connectivity index (χ0v) is 21.8. The number of furan rings is 1. The molecule has 4 aromatic rings. The quantitative estimate of drug-likeness (QED) is 0.286. The van der Waals surface area contributed by atoms with Gasteiger partial charge in [0.15, 0.2) is 0 Å². The number of methoxy groups -OCH3 is 1. The molecule has 0 bridgehead atoms. The molecule has 194 valence electrons. The summed E-state index contributed by atoms with van der Waals surface area (Å²) in [5.41, 5.74) is 5.20. The third-order valence-electron chi connectivity index (χ3n) is 6.95. The minimum absolute atomic E-state index is 0.00301. The maximum Gasteiger partial charge on any atom is 0.255 e. The molecule has 0 spiro atoms. The highest BCUT2D eigenvalue weighted by Gasteiger charge is 2.25. The SMILES string of the molecule is CCCCc1ccc(C(=O)Nc2ccc(-c3cc4c(o3)CCN(C(=O)c3ccc(OC)cc3)C4)cc2)cc1. The maximum absolute atomic E-state index is 13.0. The summed E-state index contributed by atoms with van der Waals surface area (Å²) < 4.78 is 11.3. The van der Waals surface area contributed by atoms with Crippen LogP contribution in [0.2, 0.25) is 0 Å². The summed E-state index contributed by atoms with van der Waals surface area (Å²) >= 11 is 0. The second-order valence-corrected chi connectivity index (χ2v) is 9.60. The van der Waals surface area contributed by atoms with Crippen molar-refractivity contribution in [2.45, 2.75) is 39.2 Å². The van der Waals surface area contributed by atoms with Crippen molar-refractivity contribution >= 4 is 17.5 Å². The molecule has 1 N–H and O–H groups in total. The van der Waals surface area contributed by atoms with Crippen molar-refractivity contribution in [3.8, 4) is 17.1 Å². The van der Waals surface area contributed by atoms with Gasteiger partial charge < -0.3 is 19.4 Å². The molecule has 0 saturated carbocycles. The number of carbonyl (C=O) groups is 2. The highest BCUT2D eigenvalue weighted by molar-refractivity contribution is 6.04. The van der Waals surface area contributed by atoms with Crippen LogP contribution in [0.4, 0.5) is 5.69 Å². The van der Waals surface area contributed by atoms with E-state index in [0.717, 1.165) is 53.3 Å². The van der Waals surface area contributed by atoms with Crippen LogP contribution in [0.5, 0.6) is 5.75 Å². The van der Waals surface area contributed by atoms with E-state index in [1.807, 2.05) is 59.5 Å². The lowest BCUT2D eigenvalue weighted by Gasteiger charge is -2.26. The van der Waals surface area contributed by atoms with Gasteiger partial charge in [-0.1, -0.05) is 25.5 Å². The highest BCUT2D eigenvalue weighted by atomic mass is 16.5. The van der Waals surface area contributed by atoms with E-state index in [1.165, 1.54) is 5.56 Å². The van der Waals surface area contributed by atoms with Crippen molar-refractivity contribution < 1.29 is 18.7 Å². The minimum atomic E-state index is -0.130. The fourth-order valence-electron chi connectivity index (χ4n) is 4.69. The third kappa shape index (κ3) is 5.65. The summed E-state index contributed by atoms with van der Waals surface area (Å²) in [4.78, 5) is 27.5. The van der Waals surface area contributed by atoms with Crippen LogP contribution < -0.4 is 10.1 Å². The van der Waals surface area contributed by atoms with Crippen LogP contribution in [0.15, 0.2) is 83.3 Å². The Labute approximate surface area is 223 Å². The van der Waals surface area contributed by atoms with E-state index >= 15 is 0 Å². The smallest absolute Gasteiger partial charge is 0.255 e. The first-order chi connectivity index (χ1) is 18.5. The molecule has 2 heterocycles. The second-order valence-electron chi connectivity index (χ2n) is 9.60. The van der Waals surface area contributed by atoms with Gasteiger partial charge in [-0.2, -0.15) is 0 Å². The minimum Gasteiger partial charge on any atom is -0.497 e. The summed E-state index contributed by atoms with van der Waals surface area (Å²) in [6, 6.07) is 24.6. The Morgan fingerprint density at radius 2 is 1.66 bits per heavy atom. The van der Waals surface area contributed by atoms with Crippen molar-refractivity contribution in [3.05, 3.63) is 107 Å². The molecule has 5 rings (SSSR count). The van der Waals surface area contributed by atoms with E-state index in [-0.39, 0.29) is 11.8 Å². The number of benzene rings is 3. The van der Waals surface area contributed by atoms with Crippen molar-refractivity contribution in [2.75, 3.05) is 19.0 Å². The molecule has 1 aliphatic rings. The Kier molecular flexibility index (Phi) is 7.59. The van der Waals surface area contributed by atoms with Crippen LogP contribution in [-0.2, 0) is 19.4 Å². The molecule has 6 nitrogen and oxygen atoms in total. The maximum atomic E-state index is 13.0. The van der Waals surface area contributed by atoms with Gasteiger partial charge in [0.1, 0.15) is 17.3 Å². The van der Waals surface area contributed by atoms with Crippen LogP contribution in [0.25, 0.3) is 11.3 Å². The number of carbonyl (C=O) groups excluding carboxylic acids is 2. The lowest BCUT2D eigenvalue weighted by Crippen LogP contribution is -2.35. The van der Waals surface area contributed by atoms with E-state index in [4.69, 9.17) is 9.15 Å². The van der Waals surface area contributed by atoms with Crippen molar-refractivity contribution in [2.24, 2.45) is 0 Å². The summed E-state index contributed by atoms with van der Waals surface area (Å²) in [6.45, 7) is 3.29. The summed E-state index contributed by atoms with van der Waals surface area (Å²) in [5.74, 6) is 2.27. The number of hydrogen-bond acceptors (Lipinski definition) is 4. The first-order valence-corrected chi connectivity index (χ1v) is 13.1. The molecule has 0 aliphatic carbocycles. The number of fused-ring (bicyclic) bond motifs is 1. The van der Waals surface area contributed by atoms with E-state index < -0.39 is 0 Å². The molecule has 6 heteroatoms. The summed E-state index contributed by atoms with van der Waals surface area (Å²) in [5, 5.41) is 2.97. The van der Waals surface area contributed by atoms with Crippen LogP contribution in [0.1, 0.15) is 57.4 Å². The van der Waals surface area contributed by atoms with Gasteiger partial charge in [0.2, 0.25) is 0 Å². The molecule has 2 amide bonds. The first-order valence-electron chi connectivity index (χ1n) is 13.1. The zero-order valence-electron chi connectivity index (χ0n) is 21.8. The van der Waals surface area contributed by atoms with Gasteiger partial charge in [0.25, 0.3) is 11.8 Å². The number of unbranched alkanes of at least 4 members (excludes halogenated alkanes) is 1. The Bertz CT molecular complexity index is 1400. The molecule has 38 heavy (non-hydrogen) atoms. The fourth-order valence-corrected chi connectivity index (χ4v) is 4.69. The van der Waals surface area contributed by atoms with Gasteiger partial charge >= 0.3 is 0 Å². The number of hydrogen-bond donors (Lipinski definition) is 1. The average molecular weight is 509 g/mol. The number of ether oxygens (including phenoxy) is 1. The Morgan fingerprint density at radius 1 is 0.947 bits per heavy atom. The second kappa shape index (κ2) is 11.4.